The summed E-state index contributed by atoms with van der Waals surface area (Å²) in [4.78, 5) is 0.0546. The van der Waals surface area contributed by atoms with Gasteiger partial charge < -0.3 is 4.74 Å². The molecule has 0 radical (unpaired) electrons. The van der Waals surface area contributed by atoms with Crippen LogP contribution in [-0.2, 0) is 14.8 Å². The predicted octanol–water partition coefficient (Wildman–Crippen LogP) is 3.46. The zero-order valence-electron chi connectivity index (χ0n) is 12.2. The van der Waals surface area contributed by atoms with Gasteiger partial charge in [-0.2, -0.15) is 0 Å². The molecule has 2 atom stereocenters. The predicted molar refractivity (Wildman–Crippen MR) is 84.7 cm³/mol. The summed E-state index contributed by atoms with van der Waals surface area (Å²) in [6.45, 7) is 5.86. The Morgan fingerprint density at radius 3 is 2.62 bits per heavy atom. The summed E-state index contributed by atoms with van der Waals surface area (Å²) < 4.78 is 33.4. The van der Waals surface area contributed by atoms with Gasteiger partial charge in [-0.1, -0.05) is 23.2 Å². The second-order valence-corrected chi connectivity index (χ2v) is 7.84. The Morgan fingerprint density at radius 1 is 1.38 bits per heavy atom. The highest BCUT2D eigenvalue weighted by Crippen LogP contribution is 2.33. The van der Waals surface area contributed by atoms with Gasteiger partial charge in [-0.25, -0.2) is 13.1 Å². The number of ether oxygens (including phenoxy) is 1. The molecule has 0 bridgehead atoms. The molecule has 1 heterocycles. The van der Waals surface area contributed by atoms with Gasteiger partial charge in [0.25, 0.3) is 0 Å². The van der Waals surface area contributed by atoms with Crippen LogP contribution in [0.5, 0.6) is 0 Å². The van der Waals surface area contributed by atoms with E-state index >= 15 is 0 Å². The minimum absolute atomic E-state index is 0.0546. The molecule has 7 heteroatoms. The van der Waals surface area contributed by atoms with E-state index in [1.807, 2.05) is 0 Å². The van der Waals surface area contributed by atoms with Crippen LogP contribution in [0.15, 0.2) is 11.0 Å². The van der Waals surface area contributed by atoms with Gasteiger partial charge in [0.2, 0.25) is 10.0 Å². The number of aryl methyl sites for hydroxylation is 1. The highest BCUT2D eigenvalue weighted by atomic mass is 35.5. The molecule has 0 saturated carbocycles. The van der Waals surface area contributed by atoms with Gasteiger partial charge in [0, 0.05) is 17.7 Å². The highest BCUT2D eigenvalue weighted by molar-refractivity contribution is 7.89. The van der Waals surface area contributed by atoms with Crippen molar-refractivity contribution in [3.8, 4) is 0 Å². The SMILES string of the molecule is Cc1cc(Cl)c(C)c(S(=O)(=O)N[C@H](C)[C@H]2CCCO2)c1Cl. The first-order valence-electron chi connectivity index (χ1n) is 6.83. The number of hydrogen-bond donors (Lipinski definition) is 1. The van der Waals surface area contributed by atoms with Crippen molar-refractivity contribution in [2.45, 2.75) is 50.7 Å². The zero-order valence-corrected chi connectivity index (χ0v) is 14.6. The van der Waals surface area contributed by atoms with Gasteiger partial charge in [0.05, 0.1) is 11.1 Å². The molecule has 118 valence electrons. The molecule has 0 aliphatic carbocycles. The molecule has 0 aromatic heterocycles. The molecule has 1 aromatic carbocycles. The Labute approximate surface area is 135 Å². The lowest BCUT2D eigenvalue weighted by molar-refractivity contribution is 0.0902. The smallest absolute Gasteiger partial charge is 0.242 e. The van der Waals surface area contributed by atoms with E-state index in [-0.39, 0.29) is 22.1 Å². The Kier molecular flexibility index (Phi) is 5.21. The van der Waals surface area contributed by atoms with E-state index < -0.39 is 10.0 Å². The van der Waals surface area contributed by atoms with Crippen molar-refractivity contribution in [1.29, 1.82) is 0 Å². The number of nitrogens with one attached hydrogen (secondary N) is 1. The maximum absolute atomic E-state index is 12.6. The molecule has 21 heavy (non-hydrogen) atoms. The number of rotatable bonds is 4. The van der Waals surface area contributed by atoms with E-state index in [0.29, 0.717) is 22.8 Å². The summed E-state index contributed by atoms with van der Waals surface area (Å²) in [5.41, 5.74) is 1.09. The molecule has 1 aliphatic rings. The molecule has 1 saturated heterocycles. The molecule has 0 spiro atoms. The molecule has 2 rings (SSSR count). The van der Waals surface area contributed by atoms with E-state index in [9.17, 15) is 8.42 Å². The minimum atomic E-state index is -3.75. The zero-order chi connectivity index (χ0) is 15.8. The monoisotopic (exact) mass is 351 g/mol. The van der Waals surface area contributed by atoms with E-state index in [2.05, 4.69) is 4.72 Å². The quantitative estimate of drug-likeness (QED) is 0.903. The van der Waals surface area contributed by atoms with E-state index in [1.165, 1.54) is 0 Å². The third-order valence-corrected chi connectivity index (χ3v) is 6.44. The lowest BCUT2D eigenvalue weighted by atomic mass is 10.1. The first-order chi connectivity index (χ1) is 9.74. The van der Waals surface area contributed by atoms with Crippen LogP contribution in [0, 0.1) is 13.8 Å². The lowest BCUT2D eigenvalue weighted by Crippen LogP contribution is -2.41. The normalized spacial score (nSPS) is 20.7. The molecule has 0 amide bonds. The number of sulfonamides is 1. The third-order valence-electron chi connectivity index (χ3n) is 3.72. The molecule has 4 nitrogen and oxygen atoms in total. The molecular weight excluding hydrogens is 333 g/mol. The van der Waals surface area contributed by atoms with Crippen molar-refractivity contribution >= 4 is 33.2 Å². The third kappa shape index (κ3) is 3.54. The topological polar surface area (TPSA) is 55.4 Å². The largest absolute Gasteiger partial charge is 0.377 e. The first-order valence-corrected chi connectivity index (χ1v) is 9.07. The van der Waals surface area contributed by atoms with Gasteiger partial charge in [-0.05, 0) is 50.8 Å². The Bertz CT molecular complexity index is 614. The van der Waals surface area contributed by atoms with Crippen molar-refractivity contribution < 1.29 is 13.2 Å². The summed E-state index contributed by atoms with van der Waals surface area (Å²) in [5, 5.41) is 0.603. The molecule has 0 unspecified atom stereocenters. The summed E-state index contributed by atoms with van der Waals surface area (Å²) in [7, 11) is -3.75. The average Bonchev–Trinajstić information content (AvgIpc) is 2.89. The first kappa shape index (κ1) is 17.0. The molecule has 1 aliphatic heterocycles. The van der Waals surface area contributed by atoms with Crippen LogP contribution in [0.4, 0.5) is 0 Å². The Balaban J connectivity index is 2.35. The van der Waals surface area contributed by atoms with E-state index in [4.69, 9.17) is 27.9 Å². The Hall–Kier alpha value is -0.330. The van der Waals surface area contributed by atoms with Crippen LogP contribution in [0.3, 0.4) is 0 Å². The maximum atomic E-state index is 12.6. The fraction of sp³-hybridized carbons (Fsp3) is 0.571. The highest BCUT2D eigenvalue weighted by Gasteiger charge is 2.30. The molecule has 1 aromatic rings. The van der Waals surface area contributed by atoms with Gasteiger partial charge in [-0.15, -0.1) is 0 Å². The number of halogens is 2. The van der Waals surface area contributed by atoms with Gasteiger partial charge >= 0.3 is 0 Å². The minimum Gasteiger partial charge on any atom is -0.377 e. The molecular formula is C14H19Cl2NO3S. The standard InChI is InChI=1S/C14H19Cl2NO3S/c1-8-7-11(15)9(2)14(13(8)16)21(18,19)17-10(3)12-5-4-6-20-12/h7,10,12,17H,4-6H2,1-3H3/t10-,12-/m1/s1. The van der Waals surface area contributed by atoms with Crippen molar-refractivity contribution in [2.24, 2.45) is 0 Å². The summed E-state index contributed by atoms with van der Waals surface area (Å²) in [6.07, 6.45) is 1.71. The fourth-order valence-electron chi connectivity index (χ4n) is 2.51. The fourth-order valence-corrected chi connectivity index (χ4v) is 4.99. The number of benzene rings is 1. The summed E-state index contributed by atoms with van der Waals surface area (Å²) >= 11 is 12.3. The van der Waals surface area contributed by atoms with Crippen LogP contribution in [0.2, 0.25) is 10.0 Å². The van der Waals surface area contributed by atoms with E-state index in [1.54, 1.807) is 26.8 Å². The van der Waals surface area contributed by atoms with Crippen molar-refractivity contribution in [2.75, 3.05) is 6.61 Å². The lowest BCUT2D eigenvalue weighted by Gasteiger charge is -2.21. The van der Waals surface area contributed by atoms with Gasteiger partial charge in [0.15, 0.2) is 0 Å². The second kappa shape index (κ2) is 6.42. The van der Waals surface area contributed by atoms with Gasteiger partial charge in [0.1, 0.15) is 4.90 Å². The number of hydrogen-bond acceptors (Lipinski definition) is 3. The Morgan fingerprint density at radius 2 is 2.05 bits per heavy atom. The average molecular weight is 352 g/mol. The van der Waals surface area contributed by atoms with Crippen LogP contribution < -0.4 is 4.72 Å². The van der Waals surface area contributed by atoms with Gasteiger partial charge in [-0.3, -0.25) is 0 Å². The summed E-state index contributed by atoms with van der Waals surface area (Å²) in [6, 6.07) is 1.36. The van der Waals surface area contributed by atoms with E-state index in [0.717, 1.165) is 12.8 Å². The van der Waals surface area contributed by atoms with Crippen molar-refractivity contribution in [3.63, 3.8) is 0 Å². The van der Waals surface area contributed by atoms with Crippen molar-refractivity contribution in [1.82, 2.24) is 4.72 Å². The molecule has 1 fully saturated rings. The summed E-state index contributed by atoms with van der Waals surface area (Å²) in [5.74, 6) is 0. The van der Waals surface area contributed by atoms with Crippen LogP contribution >= 0.6 is 23.2 Å². The second-order valence-electron chi connectivity index (χ2n) is 5.40. The maximum Gasteiger partial charge on any atom is 0.242 e. The van der Waals surface area contributed by atoms with Crippen molar-refractivity contribution in [3.05, 3.63) is 27.2 Å². The molecule has 1 N–H and O–H groups in total. The van der Waals surface area contributed by atoms with Crippen LogP contribution in [0.1, 0.15) is 30.9 Å². The van der Waals surface area contributed by atoms with Crippen LogP contribution in [0.25, 0.3) is 0 Å². The van der Waals surface area contributed by atoms with Crippen LogP contribution in [-0.4, -0.2) is 27.2 Å².